The molecule has 2 aromatic rings. The van der Waals surface area contributed by atoms with Crippen LogP contribution in [0.5, 0.6) is 0 Å². The van der Waals surface area contributed by atoms with Crippen LogP contribution in [-0.4, -0.2) is 11.5 Å². The molecule has 0 spiro atoms. The molecule has 2 aromatic heterocycles. The van der Waals surface area contributed by atoms with Crippen molar-refractivity contribution in [2.45, 2.75) is 26.3 Å². The molecular weight excluding hydrogens is 308 g/mol. The van der Waals surface area contributed by atoms with Crippen LogP contribution in [0.1, 0.15) is 35.2 Å². The fraction of sp³-hybridized carbons (Fsp3) is 0.357. The summed E-state index contributed by atoms with van der Waals surface area (Å²) in [5.74, 6) is 0. The van der Waals surface area contributed by atoms with E-state index in [1.807, 2.05) is 23.7 Å². The second-order valence-corrected chi connectivity index (χ2v) is 6.20. The van der Waals surface area contributed by atoms with E-state index < -0.39 is 0 Å². The van der Waals surface area contributed by atoms with Crippen LogP contribution in [0.4, 0.5) is 0 Å². The SMILES string of the molecule is CCNC(c1cncc(Br)c1)c1ccc(CC)s1. The Morgan fingerprint density at radius 3 is 2.78 bits per heavy atom. The van der Waals surface area contributed by atoms with Gasteiger partial charge in [0.15, 0.2) is 0 Å². The van der Waals surface area contributed by atoms with Crippen molar-refractivity contribution in [1.82, 2.24) is 10.3 Å². The zero-order valence-corrected chi connectivity index (χ0v) is 13.0. The zero-order valence-electron chi connectivity index (χ0n) is 10.6. The fourth-order valence-corrected chi connectivity index (χ4v) is 3.35. The Balaban J connectivity index is 2.33. The van der Waals surface area contributed by atoms with Crippen LogP contribution in [0.25, 0.3) is 0 Å². The maximum atomic E-state index is 4.26. The minimum Gasteiger partial charge on any atom is -0.306 e. The van der Waals surface area contributed by atoms with Crippen molar-refractivity contribution in [1.29, 1.82) is 0 Å². The van der Waals surface area contributed by atoms with Crippen molar-refractivity contribution >= 4 is 27.3 Å². The zero-order chi connectivity index (χ0) is 13.0. The van der Waals surface area contributed by atoms with Gasteiger partial charge in [-0.25, -0.2) is 0 Å². The maximum absolute atomic E-state index is 4.26. The van der Waals surface area contributed by atoms with E-state index >= 15 is 0 Å². The van der Waals surface area contributed by atoms with E-state index in [0.717, 1.165) is 17.4 Å². The number of aryl methyl sites for hydroxylation is 1. The lowest BCUT2D eigenvalue weighted by molar-refractivity contribution is 0.637. The quantitative estimate of drug-likeness (QED) is 0.892. The summed E-state index contributed by atoms with van der Waals surface area (Å²) in [5, 5.41) is 3.53. The highest BCUT2D eigenvalue weighted by molar-refractivity contribution is 9.10. The number of pyridine rings is 1. The number of nitrogens with zero attached hydrogens (tertiary/aromatic N) is 1. The summed E-state index contributed by atoms with van der Waals surface area (Å²) in [7, 11) is 0. The van der Waals surface area contributed by atoms with Gasteiger partial charge in [0.25, 0.3) is 0 Å². The number of hydrogen-bond donors (Lipinski definition) is 1. The standard InChI is InChI=1S/C14H17BrN2S/c1-3-12-5-6-13(18-12)14(17-4-2)10-7-11(15)9-16-8-10/h5-9,14,17H,3-4H2,1-2H3. The predicted molar refractivity (Wildman–Crippen MR) is 81.2 cm³/mol. The molecule has 0 saturated heterocycles. The molecule has 0 aromatic carbocycles. The highest BCUT2D eigenvalue weighted by atomic mass is 79.9. The average molecular weight is 325 g/mol. The van der Waals surface area contributed by atoms with Crippen molar-refractivity contribution in [2.24, 2.45) is 0 Å². The molecule has 0 aliphatic heterocycles. The van der Waals surface area contributed by atoms with Gasteiger partial charge in [-0.3, -0.25) is 4.98 Å². The second kappa shape index (κ2) is 6.45. The molecule has 0 amide bonds. The molecule has 1 atom stereocenters. The van der Waals surface area contributed by atoms with Crippen LogP contribution < -0.4 is 5.32 Å². The van der Waals surface area contributed by atoms with Gasteiger partial charge in [-0.2, -0.15) is 0 Å². The molecule has 2 nitrogen and oxygen atoms in total. The van der Waals surface area contributed by atoms with Gasteiger partial charge in [0.05, 0.1) is 6.04 Å². The molecule has 96 valence electrons. The summed E-state index contributed by atoms with van der Waals surface area (Å²) in [6.45, 7) is 5.27. The smallest absolute Gasteiger partial charge is 0.0686 e. The summed E-state index contributed by atoms with van der Waals surface area (Å²) in [6.07, 6.45) is 4.85. The monoisotopic (exact) mass is 324 g/mol. The van der Waals surface area contributed by atoms with Crippen molar-refractivity contribution in [3.8, 4) is 0 Å². The molecule has 0 aliphatic rings. The van der Waals surface area contributed by atoms with Gasteiger partial charge in [0.1, 0.15) is 0 Å². The third-order valence-corrected chi connectivity index (χ3v) is 4.51. The lowest BCUT2D eigenvalue weighted by atomic mass is 10.1. The van der Waals surface area contributed by atoms with E-state index in [4.69, 9.17) is 0 Å². The van der Waals surface area contributed by atoms with Gasteiger partial charge in [-0.1, -0.05) is 13.8 Å². The molecule has 2 rings (SSSR count). The first-order valence-corrected chi connectivity index (χ1v) is 7.78. The first-order valence-electron chi connectivity index (χ1n) is 6.17. The molecule has 1 unspecified atom stereocenters. The topological polar surface area (TPSA) is 24.9 Å². The van der Waals surface area contributed by atoms with Crippen molar-refractivity contribution < 1.29 is 0 Å². The first kappa shape index (κ1) is 13.7. The normalized spacial score (nSPS) is 12.6. The molecule has 0 radical (unpaired) electrons. The van der Waals surface area contributed by atoms with E-state index in [0.29, 0.717) is 0 Å². The predicted octanol–water partition coefficient (Wildman–Crippen LogP) is 4.17. The molecule has 18 heavy (non-hydrogen) atoms. The maximum Gasteiger partial charge on any atom is 0.0686 e. The van der Waals surface area contributed by atoms with Crippen LogP contribution in [0.15, 0.2) is 35.1 Å². The van der Waals surface area contributed by atoms with Gasteiger partial charge in [-0.15, -0.1) is 11.3 Å². The molecular formula is C14H17BrN2S. The molecule has 0 saturated carbocycles. The summed E-state index contributed by atoms with van der Waals surface area (Å²) < 4.78 is 1.02. The molecule has 0 bridgehead atoms. The Hall–Kier alpha value is -0.710. The largest absolute Gasteiger partial charge is 0.306 e. The summed E-state index contributed by atoms with van der Waals surface area (Å²) in [4.78, 5) is 7.04. The Morgan fingerprint density at radius 2 is 2.17 bits per heavy atom. The Morgan fingerprint density at radius 1 is 1.33 bits per heavy atom. The Labute approximate surface area is 121 Å². The van der Waals surface area contributed by atoms with Gasteiger partial charge >= 0.3 is 0 Å². The third kappa shape index (κ3) is 3.19. The minimum atomic E-state index is 0.241. The van der Waals surface area contributed by atoms with Crippen molar-refractivity contribution in [2.75, 3.05) is 6.54 Å². The van der Waals surface area contributed by atoms with E-state index in [1.54, 1.807) is 0 Å². The van der Waals surface area contributed by atoms with Gasteiger partial charge in [-0.05, 0) is 52.7 Å². The van der Waals surface area contributed by atoms with Crippen LogP contribution in [0, 0.1) is 0 Å². The van der Waals surface area contributed by atoms with Crippen LogP contribution in [0.2, 0.25) is 0 Å². The number of aromatic nitrogens is 1. The highest BCUT2D eigenvalue weighted by Crippen LogP contribution is 2.29. The molecule has 1 N–H and O–H groups in total. The minimum absolute atomic E-state index is 0.241. The lowest BCUT2D eigenvalue weighted by Gasteiger charge is -2.16. The summed E-state index contributed by atoms with van der Waals surface area (Å²) in [5.41, 5.74) is 1.20. The van der Waals surface area contributed by atoms with Gasteiger partial charge < -0.3 is 5.32 Å². The molecule has 0 aliphatic carbocycles. The summed E-state index contributed by atoms with van der Waals surface area (Å²) >= 11 is 5.36. The molecule has 0 fully saturated rings. The molecule has 2 heterocycles. The molecule has 4 heteroatoms. The highest BCUT2D eigenvalue weighted by Gasteiger charge is 2.15. The van der Waals surface area contributed by atoms with E-state index in [9.17, 15) is 0 Å². The van der Waals surface area contributed by atoms with E-state index in [-0.39, 0.29) is 6.04 Å². The van der Waals surface area contributed by atoms with Gasteiger partial charge in [0, 0.05) is 26.6 Å². The van der Waals surface area contributed by atoms with Crippen LogP contribution in [0.3, 0.4) is 0 Å². The number of hydrogen-bond acceptors (Lipinski definition) is 3. The van der Waals surface area contributed by atoms with Crippen molar-refractivity contribution in [3.05, 3.63) is 50.4 Å². The Kier molecular flexibility index (Phi) is 4.92. The van der Waals surface area contributed by atoms with Crippen molar-refractivity contribution in [3.63, 3.8) is 0 Å². The van der Waals surface area contributed by atoms with Crippen LogP contribution in [-0.2, 0) is 6.42 Å². The summed E-state index contributed by atoms with van der Waals surface area (Å²) in [6, 6.07) is 6.81. The Bertz CT molecular complexity index is 510. The van der Waals surface area contributed by atoms with Crippen LogP contribution >= 0.6 is 27.3 Å². The van der Waals surface area contributed by atoms with Gasteiger partial charge in [0.2, 0.25) is 0 Å². The second-order valence-electron chi connectivity index (χ2n) is 4.08. The van der Waals surface area contributed by atoms with E-state index in [2.05, 4.69) is 58.3 Å². The number of halogens is 1. The lowest BCUT2D eigenvalue weighted by Crippen LogP contribution is -2.21. The third-order valence-electron chi connectivity index (χ3n) is 2.78. The van der Waals surface area contributed by atoms with E-state index in [1.165, 1.54) is 15.3 Å². The fourth-order valence-electron chi connectivity index (χ4n) is 1.91. The average Bonchev–Trinajstić information content (AvgIpc) is 2.84. The first-order chi connectivity index (χ1) is 8.74. The number of thiophene rings is 1. The number of nitrogens with one attached hydrogen (secondary N) is 1. The number of rotatable bonds is 5.